The van der Waals surface area contributed by atoms with Gasteiger partial charge in [-0.05, 0) is 18.1 Å². The Morgan fingerprint density at radius 3 is 2.95 bits per heavy atom. The van der Waals surface area contributed by atoms with Gasteiger partial charge in [0.25, 0.3) is 0 Å². The highest BCUT2D eigenvalue weighted by Gasteiger charge is 2.16. The van der Waals surface area contributed by atoms with Gasteiger partial charge in [-0.2, -0.15) is 0 Å². The Bertz CT molecular complexity index is 606. The highest BCUT2D eigenvalue weighted by Crippen LogP contribution is 2.21. The van der Waals surface area contributed by atoms with E-state index in [0.29, 0.717) is 6.42 Å². The van der Waals surface area contributed by atoms with Gasteiger partial charge in [-0.1, -0.05) is 24.3 Å². The number of hydrogen-bond acceptors (Lipinski definition) is 3. The molecule has 1 aromatic carbocycles. The number of hydrogen-bond donors (Lipinski definition) is 2. The molecular formula is C15H18N2O3. The highest BCUT2D eigenvalue weighted by atomic mass is 16.4. The molecule has 0 radical (unpaired) electrons. The van der Waals surface area contributed by atoms with E-state index < -0.39 is 6.09 Å². The van der Waals surface area contributed by atoms with Crippen molar-refractivity contribution in [1.29, 1.82) is 0 Å². The molecule has 106 valence electrons. The maximum atomic E-state index is 11.0. The molecule has 0 bridgehead atoms. The second kappa shape index (κ2) is 6.25. The van der Waals surface area contributed by atoms with E-state index in [2.05, 4.69) is 6.58 Å². The first-order valence-corrected chi connectivity index (χ1v) is 6.41. The van der Waals surface area contributed by atoms with Gasteiger partial charge >= 0.3 is 6.09 Å². The highest BCUT2D eigenvalue weighted by molar-refractivity contribution is 5.80. The molecule has 0 fully saturated rings. The lowest BCUT2D eigenvalue weighted by Gasteiger charge is -2.21. The fraction of sp³-hybridized carbons (Fsp3) is 0.267. The molecule has 1 amide bonds. The van der Waals surface area contributed by atoms with Crippen molar-refractivity contribution >= 4 is 17.1 Å². The van der Waals surface area contributed by atoms with Crippen molar-refractivity contribution in [2.75, 3.05) is 13.1 Å². The Balaban J connectivity index is 2.05. The lowest BCUT2D eigenvalue weighted by Crippen LogP contribution is -2.41. The van der Waals surface area contributed by atoms with Crippen LogP contribution in [-0.4, -0.2) is 35.2 Å². The molecule has 2 rings (SSSR count). The second-order valence-corrected chi connectivity index (χ2v) is 4.70. The summed E-state index contributed by atoms with van der Waals surface area (Å²) in [6.45, 7) is 4.08. The number of rotatable bonds is 6. The third-order valence-corrected chi connectivity index (χ3v) is 3.12. The molecule has 0 unspecified atom stereocenters. The zero-order chi connectivity index (χ0) is 14.5. The average molecular weight is 274 g/mol. The van der Waals surface area contributed by atoms with Crippen LogP contribution < -0.4 is 5.73 Å². The number of fused-ring (bicyclic) bond motifs is 1. The van der Waals surface area contributed by atoms with Crippen LogP contribution in [-0.2, 0) is 6.42 Å². The van der Waals surface area contributed by atoms with Crippen LogP contribution in [0, 0.1) is 0 Å². The number of nitrogens with zero attached hydrogens (tertiary/aromatic N) is 1. The van der Waals surface area contributed by atoms with Gasteiger partial charge in [0.1, 0.15) is 5.58 Å². The molecule has 0 aliphatic rings. The molecule has 1 heterocycles. The maximum Gasteiger partial charge on any atom is 0.407 e. The van der Waals surface area contributed by atoms with Gasteiger partial charge in [-0.3, -0.25) is 0 Å². The van der Waals surface area contributed by atoms with Crippen LogP contribution in [0.3, 0.4) is 0 Å². The molecule has 0 spiro atoms. The summed E-state index contributed by atoms with van der Waals surface area (Å²) in [5.41, 5.74) is 7.86. The van der Waals surface area contributed by atoms with E-state index in [9.17, 15) is 4.79 Å². The molecule has 0 aliphatic heterocycles. The predicted octanol–water partition coefficient (Wildman–Crippen LogP) is 2.47. The van der Waals surface area contributed by atoms with Crippen LogP contribution in [0.5, 0.6) is 0 Å². The Hall–Kier alpha value is -2.27. The first-order valence-electron chi connectivity index (χ1n) is 6.41. The molecule has 3 N–H and O–H groups in total. The van der Waals surface area contributed by atoms with E-state index in [-0.39, 0.29) is 19.1 Å². The van der Waals surface area contributed by atoms with Gasteiger partial charge in [0.2, 0.25) is 0 Å². The summed E-state index contributed by atoms with van der Waals surface area (Å²) in [6.07, 6.45) is 2.81. The van der Waals surface area contributed by atoms with Gasteiger partial charge in [0, 0.05) is 24.5 Å². The van der Waals surface area contributed by atoms with Crippen LogP contribution in [0.4, 0.5) is 4.79 Å². The first-order chi connectivity index (χ1) is 9.61. The van der Waals surface area contributed by atoms with Gasteiger partial charge in [-0.15, -0.1) is 6.58 Å². The van der Waals surface area contributed by atoms with Crippen molar-refractivity contribution in [2.45, 2.75) is 12.5 Å². The zero-order valence-corrected chi connectivity index (χ0v) is 11.2. The minimum atomic E-state index is -0.989. The molecular weight excluding hydrogens is 256 g/mol. The summed E-state index contributed by atoms with van der Waals surface area (Å²) in [5, 5.41) is 10.1. The minimum absolute atomic E-state index is 0.265. The lowest BCUT2D eigenvalue weighted by molar-refractivity contribution is 0.147. The molecule has 1 atom stereocenters. The molecule has 0 saturated carbocycles. The SMILES string of the molecule is C=CCN(C[C@H](N)Cc1coc2ccccc12)C(=O)O. The third-order valence-electron chi connectivity index (χ3n) is 3.12. The van der Waals surface area contributed by atoms with Gasteiger partial charge in [0.05, 0.1) is 6.26 Å². The van der Waals surface area contributed by atoms with Crippen LogP contribution in [0.1, 0.15) is 5.56 Å². The summed E-state index contributed by atoms with van der Waals surface area (Å²) in [6, 6.07) is 7.43. The molecule has 0 saturated heterocycles. The van der Waals surface area contributed by atoms with Crippen molar-refractivity contribution in [3.8, 4) is 0 Å². The Morgan fingerprint density at radius 2 is 2.25 bits per heavy atom. The van der Waals surface area contributed by atoms with E-state index in [1.165, 1.54) is 4.90 Å². The van der Waals surface area contributed by atoms with Gasteiger partial charge in [-0.25, -0.2) is 4.79 Å². The summed E-state index contributed by atoms with van der Waals surface area (Å²) < 4.78 is 5.45. The molecule has 2 aromatic rings. The van der Waals surface area contributed by atoms with E-state index in [0.717, 1.165) is 16.5 Å². The number of carbonyl (C=O) groups is 1. The normalized spacial score (nSPS) is 12.2. The Labute approximate surface area is 117 Å². The standard InChI is InChI=1S/C15H18N2O3/c1-2-7-17(15(18)19)9-12(16)8-11-10-20-14-6-4-3-5-13(11)14/h2-6,10,12H,1,7-9,16H2,(H,18,19)/t12-/m1/s1. The average Bonchev–Trinajstić information content (AvgIpc) is 2.81. The number of furan rings is 1. The van der Waals surface area contributed by atoms with Crippen molar-refractivity contribution in [2.24, 2.45) is 5.73 Å². The largest absolute Gasteiger partial charge is 0.465 e. The number of para-hydroxylation sites is 1. The van der Waals surface area contributed by atoms with Gasteiger partial charge < -0.3 is 20.2 Å². The van der Waals surface area contributed by atoms with E-state index in [1.54, 1.807) is 12.3 Å². The van der Waals surface area contributed by atoms with Crippen molar-refractivity contribution in [3.63, 3.8) is 0 Å². The Morgan fingerprint density at radius 1 is 1.50 bits per heavy atom. The molecule has 0 aliphatic carbocycles. The molecule has 20 heavy (non-hydrogen) atoms. The van der Waals surface area contributed by atoms with Crippen LogP contribution in [0.25, 0.3) is 11.0 Å². The summed E-state index contributed by atoms with van der Waals surface area (Å²) >= 11 is 0. The van der Waals surface area contributed by atoms with Crippen molar-refractivity contribution in [1.82, 2.24) is 4.90 Å². The number of carboxylic acid groups (broad SMARTS) is 1. The Kier molecular flexibility index (Phi) is 4.42. The minimum Gasteiger partial charge on any atom is -0.465 e. The van der Waals surface area contributed by atoms with Crippen molar-refractivity contribution in [3.05, 3.63) is 48.7 Å². The van der Waals surface area contributed by atoms with Gasteiger partial charge in [0.15, 0.2) is 0 Å². The summed E-state index contributed by atoms with van der Waals surface area (Å²) in [5.74, 6) is 0. The topological polar surface area (TPSA) is 79.7 Å². The maximum absolute atomic E-state index is 11.0. The quantitative estimate of drug-likeness (QED) is 0.793. The fourth-order valence-electron chi connectivity index (χ4n) is 2.21. The smallest absolute Gasteiger partial charge is 0.407 e. The van der Waals surface area contributed by atoms with E-state index in [1.807, 2.05) is 24.3 Å². The monoisotopic (exact) mass is 274 g/mol. The zero-order valence-electron chi connectivity index (χ0n) is 11.2. The lowest BCUT2D eigenvalue weighted by atomic mass is 10.1. The van der Waals surface area contributed by atoms with Crippen LogP contribution >= 0.6 is 0 Å². The second-order valence-electron chi connectivity index (χ2n) is 4.70. The summed E-state index contributed by atoms with van der Waals surface area (Å²) in [7, 11) is 0. The first kappa shape index (κ1) is 14.1. The predicted molar refractivity (Wildman–Crippen MR) is 77.7 cm³/mol. The van der Waals surface area contributed by atoms with Crippen LogP contribution in [0.15, 0.2) is 47.6 Å². The van der Waals surface area contributed by atoms with E-state index in [4.69, 9.17) is 15.3 Å². The van der Waals surface area contributed by atoms with E-state index >= 15 is 0 Å². The fourth-order valence-corrected chi connectivity index (χ4v) is 2.21. The molecule has 1 aromatic heterocycles. The third kappa shape index (κ3) is 3.19. The number of benzene rings is 1. The number of amides is 1. The van der Waals surface area contributed by atoms with Crippen molar-refractivity contribution < 1.29 is 14.3 Å². The summed E-state index contributed by atoms with van der Waals surface area (Å²) in [4.78, 5) is 12.3. The molecule has 5 nitrogen and oxygen atoms in total. The number of nitrogens with two attached hydrogens (primary N) is 1. The van der Waals surface area contributed by atoms with Crippen LogP contribution in [0.2, 0.25) is 0 Å². The molecule has 5 heteroatoms.